The number of aryl methyl sites for hydroxylation is 2. The maximum absolute atomic E-state index is 6.75. The van der Waals surface area contributed by atoms with Crippen LogP contribution in [-0.4, -0.2) is 28.0 Å². The minimum absolute atomic E-state index is 0.0315. The third-order valence-electron chi connectivity index (χ3n) is 6.57. The van der Waals surface area contributed by atoms with Gasteiger partial charge >= 0.3 is 0 Å². The zero-order chi connectivity index (χ0) is 19.6. The van der Waals surface area contributed by atoms with Gasteiger partial charge in [-0.3, -0.25) is 4.98 Å². The molecule has 2 unspecified atom stereocenters. The number of benzene rings is 1. The topological polar surface area (TPSA) is 30.3 Å². The van der Waals surface area contributed by atoms with Crippen molar-refractivity contribution in [2.75, 3.05) is 13.6 Å². The zero-order valence-corrected chi connectivity index (χ0v) is 17.5. The van der Waals surface area contributed by atoms with Crippen LogP contribution in [0.25, 0.3) is 10.9 Å². The van der Waals surface area contributed by atoms with Crippen LogP contribution in [0.3, 0.4) is 0 Å². The Morgan fingerprint density at radius 1 is 1.21 bits per heavy atom. The first-order valence-corrected chi connectivity index (χ1v) is 10.3. The molecule has 146 valence electrons. The lowest BCUT2D eigenvalue weighted by atomic mass is 9.95. The van der Waals surface area contributed by atoms with E-state index in [-0.39, 0.29) is 6.10 Å². The average molecular weight is 376 g/mol. The highest BCUT2D eigenvalue weighted by Crippen LogP contribution is 2.44. The van der Waals surface area contributed by atoms with Gasteiger partial charge in [-0.15, -0.1) is 0 Å². The van der Waals surface area contributed by atoms with E-state index in [4.69, 9.17) is 4.74 Å². The van der Waals surface area contributed by atoms with Crippen LogP contribution in [0.15, 0.2) is 30.5 Å². The van der Waals surface area contributed by atoms with Gasteiger partial charge < -0.3 is 14.2 Å². The molecule has 4 heterocycles. The van der Waals surface area contributed by atoms with Gasteiger partial charge in [-0.1, -0.05) is 17.7 Å². The van der Waals surface area contributed by atoms with E-state index in [0.717, 1.165) is 37.3 Å². The van der Waals surface area contributed by atoms with Crippen LogP contribution in [0.2, 0.25) is 0 Å². The molecule has 0 radical (unpaired) electrons. The summed E-state index contributed by atoms with van der Waals surface area (Å²) in [5.74, 6) is 0. The van der Waals surface area contributed by atoms with Crippen molar-refractivity contribution >= 4 is 10.9 Å². The lowest BCUT2D eigenvalue weighted by Gasteiger charge is -2.33. The third-order valence-corrected chi connectivity index (χ3v) is 6.57. The van der Waals surface area contributed by atoms with E-state index in [1.807, 2.05) is 13.1 Å². The minimum atomic E-state index is -0.407. The molecule has 0 saturated heterocycles. The number of hydrogen-bond donors (Lipinski definition) is 0. The molecule has 0 fully saturated rings. The lowest BCUT2D eigenvalue weighted by molar-refractivity contribution is -0.0885. The van der Waals surface area contributed by atoms with Gasteiger partial charge in [0, 0.05) is 53.6 Å². The Labute approximate surface area is 167 Å². The second kappa shape index (κ2) is 6.16. The molecular formula is C24H29N3O. The van der Waals surface area contributed by atoms with Crippen LogP contribution in [0, 0.1) is 13.8 Å². The van der Waals surface area contributed by atoms with Crippen LogP contribution >= 0.6 is 0 Å². The summed E-state index contributed by atoms with van der Waals surface area (Å²) in [6.45, 7) is 11.6. The number of hydrogen-bond acceptors (Lipinski definition) is 3. The maximum atomic E-state index is 6.75. The summed E-state index contributed by atoms with van der Waals surface area (Å²) < 4.78 is 9.32. The molecule has 1 aromatic carbocycles. The number of nitrogens with zero attached hydrogens (tertiary/aromatic N) is 3. The minimum Gasteiger partial charge on any atom is -0.361 e. The van der Waals surface area contributed by atoms with E-state index in [0.29, 0.717) is 0 Å². The smallest absolute Gasteiger partial charge is 0.110 e. The molecule has 3 aromatic rings. The number of aromatic nitrogens is 2. The molecule has 4 heteroatoms. The Morgan fingerprint density at radius 3 is 2.79 bits per heavy atom. The molecule has 0 N–H and O–H groups in total. The van der Waals surface area contributed by atoms with Gasteiger partial charge in [0.05, 0.1) is 18.2 Å². The quantitative estimate of drug-likeness (QED) is 0.620. The molecule has 0 aliphatic carbocycles. The van der Waals surface area contributed by atoms with E-state index in [2.05, 4.69) is 66.5 Å². The highest BCUT2D eigenvalue weighted by molar-refractivity contribution is 5.90. The summed E-state index contributed by atoms with van der Waals surface area (Å²) in [4.78, 5) is 6.99. The molecule has 0 spiro atoms. The number of pyridine rings is 1. The molecule has 2 atom stereocenters. The van der Waals surface area contributed by atoms with Gasteiger partial charge in [-0.05, 0) is 52.4 Å². The van der Waals surface area contributed by atoms with Crippen LogP contribution < -0.4 is 0 Å². The van der Waals surface area contributed by atoms with Crippen LogP contribution in [0.1, 0.15) is 53.6 Å². The van der Waals surface area contributed by atoms with Gasteiger partial charge in [0.15, 0.2) is 0 Å². The summed E-state index contributed by atoms with van der Waals surface area (Å²) >= 11 is 0. The lowest BCUT2D eigenvalue weighted by Crippen LogP contribution is -2.33. The molecule has 5 rings (SSSR count). The van der Waals surface area contributed by atoms with Crippen LogP contribution in [0.5, 0.6) is 0 Å². The van der Waals surface area contributed by atoms with E-state index < -0.39 is 5.60 Å². The first-order valence-electron chi connectivity index (χ1n) is 10.3. The van der Waals surface area contributed by atoms with Gasteiger partial charge in [0.25, 0.3) is 0 Å². The van der Waals surface area contributed by atoms with Gasteiger partial charge in [-0.2, -0.15) is 0 Å². The molecule has 0 bridgehead atoms. The van der Waals surface area contributed by atoms with E-state index >= 15 is 0 Å². The summed E-state index contributed by atoms with van der Waals surface area (Å²) in [5.41, 5.74) is 8.78. The highest BCUT2D eigenvalue weighted by Gasteiger charge is 2.38. The van der Waals surface area contributed by atoms with Crippen molar-refractivity contribution in [2.24, 2.45) is 0 Å². The molecule has 0 saturated carbocycles. The molecule has 4 nitrogen and oxygen atoms in total. The van der Waals surface area contributed by atoms with Crippen molar-refractivity contribution in [1.82, 2.24) is 14.5 Å². The van der Waals surface area contributed by atoms with Gasteiger partial charge in [0.2, 0.25) is 0 Å². The molecular weight excluding hydrogens is 346 g/mol. The second-order valence-corrected chi connectivity index (χ2v) is 8.93. The van der Waals surface area contributed by atoms with E-state index in [1.165, 1.54) is 33.3 Å². The summed E-state index contributed by atoms with van der Waals surface area (Å²) in [6, 6.07) is 8.96. The van der Waals surface area contributed by atoms with Gasteiger partial charge in [0.1, 0.15) is 5.60 Å². The Kier molecular flexibility index (Phi) is 3.94. The van der Waals surface area contributed by atoms with Crippen molar-refractivity contribution in [3.05, 3.63) is 64.1 Å². The maximum Gasteiger partial charge on any atom is 0.110 e. The monoisotopic (exact) mass is 375 g/mol. The molecule has 2 aliphatic rings. The normalized spacial score (nSPS) is 25.0. The van der Waals surface area contributed by atoms with Gasteiger partial charge in [-0.25, -0.2) is 0 Å². The zero-order valence-electron chi connectivity index (χ0n) is 17.5. The summed E-state index contributed by atoms with van der Waals surface area (Å²) in [5, 5.41) is 1.42. The van der Waals surface area contributed by atoms with Crippen LogP contribution in [-0.2, 0) is 29.8 Å². The second-order valence-electron chi connectivity index (χ2n) is 8.93. The first-order chi connectivity index (χ1) is 13.4. The van der Waals surface area contributed by atoms with Crippen molar-refractivity contribution in [2.45, 2.75) is 58.9 Å². The largest absolute Gasteiger partial charge is 0.361 e. The fourth-order valence-corrected chi connectivity index (χ4v) is 5.12. The Bertz CT molecular complexity index is 1070. The summed E-state index contributed by atoms with van der Waals surface area (Å²) in [7, 11) is 2.22. The number of likely N-dealkylation sites (N-methyl/N-ethyl adjacent to an activating group) is 1. The Morgan fingerprint density at radius 2 is 2.04 bits per heavy atom. The van der Waals surface area contributed by atoms with Crippen molar-refractivity contribution in [3.8, 4) is 0 Å². The fourth-order valence-electron chi connectivity index (χ4n) is 5.12. The van der Waals surface area contributed by atoms with E-state index in [9.17, 15) is 0 Å². The predicted octanol–water partition coefficient (Wildman–Crippen LogP) is 4.65. The summed E-state index contributed by atoms with van der Waals surface area (Å²) in [6.07, 6.45) is 3.11. The van der Waals surface area contributed by atoms with Crippen LogP contribution in [0.4, 0.5) is 0 Å². The average Bonchev–Trinajstić information content (AvgIpc) is 2.87. The number of ether oxygens (including phenoxy) is 1. The van der Waals surface area contributed by atoms with Crippen molar-refractivity contribution in [1.29, 1.82) is 0 Å². The molecule has 2 aliphatic heterocycles. The first kappa shape index (κ1) is 17.9. The highest BCUT2D eigenvalue weighted by atomic mass is 16.5. The third kappa shape index (κ3) is 2.62. The standard InChI is InChI=1S/C24H29N3O/c1-15-10-19-17(3)28-24(4,18-7-6-16(2)25-12-18)14-27-22-8-9-26(5)13-21(22)20(11-15)23(19)27/h6-7,10-12,17H,8-9,13-14H2,1-5H3. The number of fused-ring (bicyclic) bond motifs is 3. The Hall–Kier alpha value is -2.17. The van der Waals surface area contributed by atoms with E-state index in [1.54, 1.807) is 0 Å². The molecule has 2 aromatic heterocycles. The molecule has 28 heavy (non-hydrogen) atoms. The molecule has 0 amide bonds. The SMILES string of the molecule is Cc1cc2c3c(c1)c1c(n3CC(C)(c3ccc(C)nc3)OC2C)CCN(C)C1. The predicted molar refractivity (Wildman–Crippen MR) is 113 cm³/mol. The Balaban J connectivity index is 1.76. The van der Waals surface area contributed by atoms with Crippen molar-refractivity contribution < 1.29 is 4.74 Å². The fraction of sp³-hybridized carbons (Fsp3) is 0.458. The van der Waals surface area contributed by atoms with Crippen molar-refractivity contribution in [3.63, 3.8) is 0 Å². The number of rotatable bonds is 1.